The first-order valence-electron chi connectivity index (χ1n) is 9.19. The maximum Gasteiger partial charge on any atom is 0.291 e. The van der Waals surface area contributed by atoms with E-state index in [1.54, 1.807) is 18.3 Å². The van der Waals surface area contributed by atoms with Gasteiger partial charge in [0, 0.05) is 39.3 Å². The van der Waals surface area contributed by atoms with Crippen molar-refractivity contribution < 1.29 is 19.1 Å². The van der Waals surface area contributed by atoms with Crippen molar-refractivity contribution in [1.82, 2.24) is 9.88 Å². The predicted octanol–water partition coefficient (Wildman–Crippen LogP) is 1.45. The van der Waals surface area contributed by atoms with Crippen molar-refractivity contribution in [3.8, 4) is 0 Å². The summed E-state index contributed by atoms with van der Waals surface area (Å²) < 4.78 is 10.3. The average molecular weight is 374 g/mol. The molecule has 0 radical (unpaired) electrons. The quantitative estimate of drug-likeness (QED) is 0.722. The molecular weight excluding hydrogens is 348 g/mol. The molecule has 0 aliphatic carbocycles. The lowest BCUT2D eigenvalue weighted by Gasteiger charge is -2.36. The van der Waals surface area contributed by atoms with E-state index in [9.17, 15) is 9.90 Å². The molecule has 146 valence electrons. The van der Waals surface area contributed by atoms with Crippen molar-refractivity contribution in [2.24, 2.45) is 0 Å². The van der Waals surface area contributed by atoms with Crippen molar-refractivity contribution in [3.05, 3.63) is 42.5 Å². The molecule has 2 aromatic heterocycles. The Morgan fingerprint density at radius 3 is 2.78 bits per heavy atom. The van der Waals surface area contributed by atoms with Crippen LogP contribution in [-0.4, -0.2) is 72.9 Å². The number of aliphatic hydroxyl groups excluding tert-OH is 1. The Kier molecular flexibility index (Phi) is 6.80. The van der Waals surface area contributed by atoms with Crippen LogP contribution in [0.1, 0.15) is 17.5 Å². The highest BCUT2D eigenvalue weighted by molar-refractivity contribution is 6.02. The van der Waals surface area contributed by atoms with Crippen molar-refractivity contribution >= 4 is 17.4 Å². The van der Waals surface area contributed by atoms with Gasteiger partial charge in [-0.3, -0.25) is 9.69 Å². The zero-order valence-corrected chi connectivity index (χ0v) is 15.5. The molecule has 8 heteroatoms. The molecule has 1 aliphatic rings. The molecule has 0 spiro atoms. The first-order valence-corrected chi connectivity index (χ1v) is 9.19. The van der Waals surface area contributed by atoms with Gasteiger partial charge in [0.15, 0.2) is 5.76 Å². The average Bonchev–Trinajstić information content (AvgIpc) is 3.23. The molecule has 1 aliphatic heterocycles. The standard InChI is InChI=1S/C19H26N4O4/c1-2-26-14-16(24)13-22-7-9-23(10-8-22)18-6-5-15(12-20-18)21-19(25)17-4-3-11-27-17/h3-6,11-12,16,24H,2,7-10,13-14H2,1H3,(H,21,25). The van der Waals surface area contributed by atoms with E-state index in [0.717, 1.165) is 32.0 Å². The van der Waals surface area contributed by atoms with Crippen LogP contribution in [-0.2, 0) is 4.74 Å². The number of carbonyl (C=O) groups is 1. The number of carbonyl (C=O) groups excluding carboxylic acids is 1. The number of hydrogen-bond donors (Lipinski definition) is 2. The van der Waals surface area contributed by atoms with Crippen LogP contribution in [0.15, 0.2) is 41.1 Å². The number of anilines is 2. The number of aliphatic hydroxyl groups is 1. The second kappa shape index (κ2) is 9.50. The maximum atomic E-state index is 12.0. The Labute approximate surface area is 158 Å². The van der Waals surface area contributed by atoms with E-state index < -0.39 is 6.10 Å². The number of ether oxygens (including phenoxy) is 1. The van der Waals surface area contributed by atoms with Crippen LogP contribution in [0.25, 0.3) is 0 Å². The number of β-amino-alcohol motifs (C(OH)–C–C–N with tert-alkyl or cyclic N) is 1. The molecule has 0 aromatic carbocycles. The number of amides is 1. The Morgan fingerprint density at radius 1 is 1.33 bits per heavy atom. The van der Waals surface area contributed by atoms with Crippen LogP contribution in [0.5, 0.6) is 0 Å². The fourth-order valence-electron chi connectivity index (χ4n) is 3.01. The molecule has 1 amide bonds. The van der Waals surface area contributed by atoms with E-state index in [0.29, 0.717) is 25.4 Å². The normalized spacial score (nSPS) is 16.3. The van der Waals surface area contributed by atoms with Gasteiger partial charge in [-0.2, -0.15) is 0 Å². The summed E-state index contributed by atoms with van der Waals surface area (Å²) in [4.78, 5) is 20.9. The highest BCUT2D eigenvalue weighted by Gasteiger charge is 2.20. The summed E-state index contributed by atoms with van der Waals surface area (Å²) in [6.45, 7) is 6.95. The van der Waals surface area contributed by atoms with E-state index in [-0.39, 0.29) is 11.7 Å². The molecule has 0 saturated carbocycles. The number of nitrogens with one attached hydrogen (secondary N) is 1. The number of hydrogen-bond acceptors (Lipinski definition) is 7. The Bertz CT molecular complexity index is 697. The Balaban J connectivity index is 1.46. The summed E-state index contributed by atoms with van der Waals surface area (Å²) in [6.07, 6.45) is 2.66. The fourth-order valence-corrected chi connectivity index (χ4v) is 3.01. The number of rotatable bonds is 8. The smallest absolute Gasteiger partial charge is 0.291 e. The fraction of sp³-hybridized carbons (Fsp3) is 0.474. The molecule has 27 heavy (non-hydrogen) atoms. The minimum atomic E-state index is -0.452. The van der Waals surface area contributed by atoms with Crippen molar-refractivity contribution in [2.45, 2.75) is 13.0 Å². The molecule has 8 nitrogen and oxygen atoms in total. The van der Waals surface area contributed by atoms with Gasteiger partial charge in [-0.05, 0) is 31.2 Å². The number of piperazine rings is 1. The summed E-state index contributed by atoms with van der Waals surface area (Å²) in [7, 11) is 0. The molecule has 2 N–H and O–H groups in total. The zero-order chi connectivity index (χ0) is 19.1. The maximum absolute atomic E-state index is 12.0. The molecule has 1 fully saturated rings. The van der Waals surface area contributed by atoms with E-state index in [1.807, 2.05) is 19.1 Å². The molecule has 2 aromatic rings. The van der Waals surface area contributed by atoms with Gasteiger partial charge in [0.2, 0.25) is 0 Å². The van der Waals surface area contributed by atoms with Crippen LogP contribution in [0.2, 0.25) is 0 Å². The number of pyridine rings is 1. The summed E-state index contributed by atoms with van der Waals surface area (Å²) >= 11 is 0. The van der Waals surface area contributed by atoms with Crippen LogP contribution in [0.3, 0.4) is 0 Å². The second-order valence-electron chi connectivity index (χ2n) is 6.44. The van der Waals surface area contributed by atoms with Crippen LogP contribution in [0.4, 0.5) is 11.5 Å². The van der Waals surface area contributed by atoms with Crippen LogP contribution < -0.4 is 10.2 Å². The number of furan rings is 1. The first-order chi connectivity index (χ1) is 13.2. The minimum absolute atomic E-state index is 0.265. The third kappa shape index (κ3) is 5.53. The monoisotopic (exact) mass is 374 g/mol. The van der Waals surface area contributed by atoms with Gasteiger partial charge in [-0.15, -0.1) is 0 Å². The lowest BCUT2D eigenvalue weighted by molar-refractivity contribution is 0.0202. The number of aromatic nitrogens is 1. The SMILES string of the molecule is CCOCC(O)CN1CCN(c2ccc(NC(=O)c3ccco3)cn2)CC1. The molecule has 1 unspecified atom stereocenters. The molecular formula is C19H26N4O4. The molecule has 1 saturated heterocycles. The van der Waals surface area contributed by atoms with Gasteiger partial charge in [0.25, 0.3) is 5.91 Å². The molecule has 1 atom stereocenters. The molecule has 0 bridgehead atoms. The van der Waals surface area contributed by atoms with Crippen LogP contribution >= 0.6 is 0 Å². The number of nitrogens with zero attached hydrogens (tertiary/aromatic N) is 3. The summed E-state index contributed by atoms with van der Waals surface area (Å²) in [5, 5.41) is 12.7. The van der Waals surface area contributed by atoms with E-state index in [4.69, 9.17) is 9.15 Å². The summed E-state index contributed by atoms with van der Waals surface area (Å²) in [5.41, 5.74) is 0.623. The first kappa shape index (κ1) is 19.3. The molecule has 3 rings (SSSR count). The summed E-state index contributed by atoms with van der Waals surface area (Å²) in [6, 6.07) is 7.02. The van der Waals surface area contributed by atoms with Crippen molar-refractivity contribution in [2.75, 3.05) is 56.2 Å². The van der Waals surface area contributed by atoms with Gasteiger partial charge in [0.05, 0.1) is 30.9 Å². The van der Waals surface area contributed by atoms with Crippen molar-refractivity contribution in [1.29, 1.82) is 0 Å². The third-order valence-electron chi connectivity index (χ3n) is 4.43. The van der Waals surface area contributed by atoms with Gasteiger partial charge in [0.1, 0.15) is 5.82 Å². The lowest BCUT2D eigenvalue weighted by atomic mass is 10.2. The van der Waals surface area contributed by atoms with Gasteiger partial charge < -0.3 is 24.5 Å². The largest absolute Gasteiger partial charge is 0.459 e. The lowest BCUT2D eigenvalue weighted by Crippen LogP contribution is -2.49. The highest BCUT2D eigenvalue weighted by atomic mass is 16.5. The summed E-state index contributed by atoms with van der Waals surface area (Å²) in [5.74, 6) is 0.844. The highest BCUT2D eigenvalue weighted by Crippen LogP contribution is 2.17. The van der Waals surface area contributed by atoms with Crippen LogP contribution in [0, 0.1) is 0 Å². The topological polar surface area (TPSA) is 91.1 Å². The van der Waals surface area contributed by atoms with E-state index in [1.165, 1.54) is 6.26 Å². The predicted molar refractivity (Wildman–Crippen MR) is 102 cm³/mol. The Morgan fingerprint density at radius 2 is 2.15 bits per heavy atom. The second-order valence-corrected chi connectivity index (χ2v) is 6.44. The van der Waals surface area contributed by atoms with Gasteiger partial charge >= 0.3 is 0 Å². The third-order valence-corrected chi connectivity index (χ3v) is 4.43. The van der Waals surface area contributed by atoms with Gasteiger partial charge in [-0.25, -0.2) is 4.98 Å². The zero-order valence-electron chi connectivity index (χ0n) is 15.5. The molecule has 3 heterocycles. The van der Waals surface area contributed by atoms with Crippen molar-refractivity contribution in [3.63, 3.8) is 0 Å². The van der Waals surface area contributed by atoms with E-state index in [2.05, 4.69) is 20.1 Å². The van der Waals surface area contributed by atoms with E-state index >= 15 is 0 Å². The van der Waals surface area contributed by atoms with Gasteiger partial charge in [-0.1, -0.05) is 0 Å². The Hall–Kier alpha value is -2.42. The minimum Gasteiger partial charge on any atom is -0.459 e.